The number of rotatable bonds is 11. The number of carbonyl (C=O) groups is 2. The third-order valence-electron chi connectivity index (χ3n) is 5.67. The molecule has 1 atom stereocenters. The Morgan fingerprint density at radius 3 is 2.29 bits per heavy atom. The van der Waals surface area contributed by atoms with E-state index in [0.717, 1.165) is 21.7 Å². The van der Waals surface area contributed by atoms with Crippen LogP contribution in [0.15, 0.2) is 42.5 Å². The topological polar surface area (TPSA) is 86.8 Å². The second kappa shape index (κ2) is 12.4. The molecule has 0 heterocycles. The summed E-state index contributed by atoms with van der Waals surface area (Å²) < 4.78 is 26.6. The molecule has 0 spiro atoms. The van der Waals surface area contributed by atoms with Crippen molar-refractivity contribution >= 4 is 39.1 Å². The molecule has 0 radical (unpaired) electrons. The van der Waals surface area contributed by atoms with Crippen molar-refractivity contribution in [1.82, 2.24) is 10.2 Å². The van der Waals surface area contributed by atoms with Gasteiger partial charge in [0.05, 0.1) is 11.9 Å². The largest absolute Gasteiger partial charge is 0.354 e. The van der Waals surface area contributed by atoms with E-state index in [4.69, 9.17) is 11.6 Å². The number of halogens is 1. The highest BCUT2D eigenvalue weighted by Crippen LogP contribution is 2.25. The van der Waals surface area contributed by atoms with Crippen molar-refractivity contribution in [3.8, 4) is 0 Å². The summed E-state index contributed by atoms with van der Waals surface area (Å²) in [7, 11) is -3.78. The molecule has 0 bridgehead atoms. The van der Waals surface area contributed by atoms with E-state index in [9.17, 15) is 18.0 Å². The zero-order valence-electron chi connectivity index (χ0n) is 21.3. The van der Waals surface area contributed by atoms with E-state index in [1.807, 2.05) is 39.8 Å². The van der Waals surface area contributed by atoms with Gasteiger partial charge < -0.3 is 10.2 Å². The standard InChI is InChI=1S/C26H36ClN3O4S/c1-7-23(26(32)28-15-18(2)3)29(16-21-10-8-9-11-22(21)27)25(31)17-30(35(6,33)34)24-13-12-19(4)14-20(24)5/h8-14,18,23H,7,15-17H2,1-6H3,(H,28,32). The zero-order chi connectivity index (χ0) is 26.3. The Morgan fingerprint density at radius 2 is 1.74 bits per heavy atom. The molecule has 9 heteroatoms. The molecule has 7 nitrogen and oxygen atoms in total. The highest BCUT2D eigenvalue weighted by Gasteiger charge is 2.32. The molecule has 0 aliphatic heterocycles. The quantitative estimate of drug-likeness (QED) is 0.477. The molecule has 2 rings (SSSR count). The van der Waals surface area contributed by atoms with Gasteiger partial charge in [0, 0.05) is 18.1 Å². The second-order valence-electron chi connectivity index (χ2n) is 9.24. The van der Waals surface area contributed by atoms with E-state index in [0.29, 0.717) is 29.2 Å². The normalized spacial score (nSPS) is 12.3. The molecule has 0 fully saturated rings. The monoisotopic (exact) mass is 521 g/mol. The van der Waals surface area contributed by atoms with Gasteiger partial charge in [0.1, 0.15) is 12.6 Å². The summed E-state index contributed by atoms with van der Waals surface area (Å²) in [5.74, 6) is -0.518. The maximum absolute atomic E-state index is 13.7. The fourth-order valence-corrected chi connectivity index (χ4v) is 4.93. The fourth-order valence-electron chi connectivity index (χ4n) is 3.83. The van der Waals surface area contributed by atoms with Crippen molar-refractivity contribution in [2.45, 2.75) is 53.6 Å². The summed E-state index contributed by atoms with van der Waals surface area (Å²) in [6.45, 7) is 9.65. The highest BCUT2D eigenvalue weighted by atomic mass is 35.5. The van der Waals surface area contributed by atoms with Gasteiger partial charge in [-0.15, -0.1) is 0 Å². The van der Waals surface area contributed by atoms with Crippen molar-refractivity contribution < 1.29 is 18.0 Å². The first kappa shape index (κ1) is 28.7. The summed E-state index contributed by atoms with van der Waals surface area (Å²) in [6.07, 6.45) is 1.44. The average molecular weight is 522 g/mol. The summed E-state index contributed by atoms with van der Waals surface area (Å²) in [5.41, 5.74) is 2.83. The van der Waals surface area contributed by atoms with E-state index in [-0.39, 0.29) is 18.4 Å². The van der Waals surface area contributed by atoms with Gasteiger partial charge in [-0.2, -0.15) is 0 Å². The first-order chi connectivity index (χ1) is 16.3. The lowest BCUT2D eigenvalue weighted by Crippen LogP contribution is -2.52. The molecule has 2 aromatic carbocycles. The van der Waals surface area contributed by atoms with E-state index in [1.54, 1.807) is 37.3 Å². The molecule has 0 aromatic heterocycles. The van der Waals surface area contributed by atoms with Crippen LogP contribution < -0.4 is 9.62 Å². The lowest BCUT2D eigenvalue weighted by molar-refractivity contribution is -0.140. The molecule has 192 valence electrons. The number of aryl methyl sites for hydroxylation is 2. The van der Waals surface area contributed by atoms with Gasteiger partial charge in [-0.25, -0.2) is 8.42 Å². The summed E-state index contributed by atoms with van der Waals surface area (Å²) >= 11 is 6.37. The molecule has 1 unspecified atom stereocenters. The van der Waals surface area contributed by atoms with Gasteiger partial charge in [-0.1, -0.05) is 68.3 Å². The zero-order valence-corrected chi connectivity index (χ0v) is 22.9. The minimum absolute atomic E-state index is 0.0800. The number of hydrogen-bond acceptors (Lipinski definition) is 4. The summed E-state index contributed by atoms with van der Waals surface area (Å²) in [6, 6.07) is 11.7. The first-order valence-corrected chi connectivity index (χ1v) is 13.9. The number of anilines is 1. The van der Waals surface area contributed by atoms with Crippen LogP contribution in [0.3, 0.4) is 0 Å². The molecule has 0 aliphatic rings. The van der Waals surface area contributed by atoms with Crippen molar-refractivity contribution in [3.63, 3.8) is 0 Å². The Morgan fingerprint density at radius 1 is 1.09 bits per heavy atom. The van der Waals surface area contributed by atoms with Crippen LogP contribution >= 0.6 is 11.6 Å². The number of hydrogen-bond donors (Lipinski definition) is 1. The van der Waals surface area contributed by atoms with Crippen LogP contribution in [0, 0.1) is 19.8 Å². The minimum atomic E-state index is -3.78. The number of carbonyl (C=O) groups excluding carboxylic acids is 2. The maximum Gasteiger partial charge on any atom is 0.244 e. The van der Waals surface area contributed by atoms with Crippen molar-refractivity contribution in [2.24, 2.45) is 5.92 Å². The highest BCUT2D eigenvalue weighted by molar-refractivity contribution is 7.92. The summed E-state index contributed by atoms with van der Waals surface area (Å²) in [4.78, 5) is 28.2. The Bertz CT molecular complexity index is 1150. The molecule has 0 saturated carbocycles. The van der Waals surface area contributed by atoms with E-state index in [2.05, 4.69) is 5.32 Å². The number of sulfonamides is 1. The second-order valence-corrected chi connectivity index (χ2v) is 11.5. The van der Waals surface area contributed by atoms with Gasteiger partial charge in [0.15, 0.2) is 0 Å². The van der Waals surface area contributed by atoms with Gasteiger partial charge >= 0.3 is 0 Å². The molecular formula is C26H36ClN3O4S. The molecule has 1 N–H and O–H groups in total. The van der Waals surface area contributed by atoms with E-state index >= 15 is 0 Å². The van der Waals surface area contributed by atoms with Crippen LogP contribution in [0.5, 0.6) is 0 Å². The van der Waals surface area contributed by atoms with Crippen molar-refractivity contribution in [3.05, 3.63) is 64.2 Å². The number of benzene rings is 2. The Labute approximate surface area is 214 Å². The lowest BCUT2D eigenvalue weighted by Gasteiger charge is -2.33. The van der Waals surface area contributed by atoms with Gasteiger partial charge in [-0.3, -0.25) is 13.9 Å². The maximum atomic E-state index is 13.7. The molecule has 0 aliphatic carbocycles. The smallest absolute Gasteiger partial charge is 0.244 e. The third-order valence-corrected chi connectivity index (χ3v) is 7.16. The average Bonchev–Trinajstić information content (AvgIpc) is 2.76. The molecule has 35 heavy (non-hydrogen) atoms. The Balaban J connectivity index is 2.47. The third kappa shape index (κ3) is 7.97. The predicted octanol–water partition coefficient (Wildman–Crippen LogP) is 4.30. The van der Waals surface area contributed by atoms with Gasteiger partial charge in [-0.05, 0) is 49.4 Å². The first-order valence-electron chi connectivity index (χ1n) is 11.7. The van der Waals surface area contributed by atoms with Crippen molar-refractivity contribution in [2.75, 3.05) is 23.7 Å². The predicted molar refractivity (Wildman–Crippen MR) is 142 cm³/mol. The molecular weight excluding hydrogens is 486 g/mol. The van der Waals surface area contributed by atoms with Crippen LogP contribution in [-0.2, 0) is 26.2 Å². The summed E-state index contributed by atoms with van der Waals surface area (Å²) in [5, 5.41) is 3.37. The van der Waals surface area contributed by atoms with Crippen LogP contribution in [-0.4, -0.2) is 50.5 Å². The van der Waals surface area contributed by atoms with Crippen LogP contribution in [0.2, 0.25) is 5.02 Å². The Kier molecular flexibility index (Phi) is 10.2. The minimum Gasteiger partial charge on any atom is -0.354 e. The van der Waals surface area contributed by atoms with Gasteiger partial charge in [0.25, 0.3) is 0 Å². The number of amides is 2. The van der Waals surface area contributed by atoms with Crippen molar-refractivity contribution in [1.29, 1.82) is 0 Å². The SMILES string of the molecule is CCC(C(=O)NCC(C)C)N(Cc1ccccc1Cl)C(=O)CN(c1ccc(C)cc1C)S(C)(=O)=O. The molecule has 2 amide bonds. The van der Waals surface area contributed by atoms with E-state index < -0.39 is 28.5 Å². The van der Waals surface area contributed by atoms with Gasteiger partial charge in [0.2, 0.25) is 21.8 Å². The number of nitrogens with zero attached hydrogens (tertiary/aromatic N) is 2. The van der Waals surface area contributed by atoms with Crippen LogP contribution in [0.4, 0.5) is 5.69 Å². The van der Waals surface area contributed by atoms with E-state index in [1.165, 1.54) is 4.90 Å². The Hall–Kier alpha value is -2.58. The molecule has 2 aromatic rings. The molecule has 0 saturated heterocycles. The van der Waals surface area contributed by atoms with Crippen LogP contribution in [0.25, 0.3) is 0 Å². The lowest BCUT2D eigenvalue weighted by atomic mass is 10.1. The number of nitrogens with one attached hydrogen (secondary N) is 1. The van der Waals surface area contributed by atoms with Crippen LogP contribution in [0.1, 0.15) is 43.9 Å². The fraction of sp³-hybridized carbons (Fsp3) is 0.462.